The number of halogens is 1. The molecule has 0 bridgehead atoms. The summed E-state index contributed by atoms with van der Waals surface area (Å²) >= 11 is 5.83. The van der Waals surface area contributed by atoms with E-state index in [4.69, 9.17) is 11.6 Å². The van der Waals surface area contributed by atoms with E-state index < -0.39 is 10.8 Å². The van der Waals surface area contributed by atoms with E-state index in [0.717, 1.165) is 0 Å². The van der Waals surface area contributed by atoms with Crippen LogP contribution < -0.4 is 10.6 Å². The van der Waals surface area contributed by atoms with E-state index in [9.17, 15) is 19.7 Å². The minimum Gasteiger partial charge on any atom is -0.354 e. The Morgan fingerprint density at radius 3 is 2.84 bits per heavy atom. The van der Waals surface area contributed by atoms with Gasteiger partial charge in [-0.2, -0.15) is 0 Å². The first-order valence-electron chi connectivity index (χ1n) is 5.49. The maximum Gasteiger partial charge on any atom is 0.288 e. The third kappa shape index (κ3) is 2.82. The topological polar surface area (TPSA) is 101 Å². The Kier molecular flexibility index (Phi) is 3.66. The van der Waals surface area contributed by atoms with E-state index in [1.807, 2.05) is 0 Å². The van der Waals surface area contributed by atoms with E-state index in [2.05, 4.69) is 10.6 Å². The minimum absolute atomic E-state index is 0.0233. The lowest BCUT2D eigenvalue weighted by Gasteiger charge is -2.11. The maximum atomic E-state index is 11.9. The molecule has 2 rings (SSSR count). The molecule has 1 aromatic rings. The molecule has 0 radical (unpaired) electrons. The van der Waals surface area contributed by atoms with Gasteiger partial charge >= 0.3 is 0 Å². The van der Waals surface area contributed by atoms with Gasteiger partial charge in [0.15, 0.2) is 0 Å². The van der Waals surface area contributed by atoms with Crippen LogP contribution in [0.1, 0.15) is 16.8 Å². The molecule has 7 nitrogen and oxygen atoms in total. The van der Waals surface area contributed by atoms with Crippen molar-refractivity contribution in [2.24, 2.45) is 0 Å². The molecule has 2 amide bonds. The van der Waals surface area contributed by atoms with Crippen LogP contribution in [0.15, 0.2) is 18.2 Å². The molecule has 2 N–H and O–H groups in total. The summed E-state index contributed by atoms with van der Waals surface area (Å²) in [6, 6.07) is 3.68. The molecule has 0 saturated carbocycles. The molecule has 0 aliphatic carbocycles. The molecule has 1 heterocycles. The first-order chi connectivity index (χ1) is 8.99. The highest BCUT2D eigenvalue weighted by molar-refractivity contribution is 6.35. The van der Waals surface area contributed by atoms with Gasteiger partial charge in [-0.3, -0.25) is 19.7 Å². The van der Waals surface area contributed by atoms with E-state index in [-0.39, 0.29) is 34.6 Å². The fraction of sp³-hybridized carbons (Fsp3) is 0.273. The second kappa shape index (κ2) is 5.23. The Bertz CT molecular complexity index is 561. The van der Waals surface area contributed by atoms with Gasteiger partial charge in [0.1, 0.15) is 5.02 Å². The van der Waals surface area contributed by atoms with Crippen molar-refractivity contribution >= 4 is 29.1 Å². The van der Waals surface area contributed by atoms with Gasteiger partial charge in [0.2, 0.25) is 5.91 Å². The lowest BCUT2D eigenvalue weighted by atomic mass is 10.1. The number of rotatable bonds is 3. The van der Waals surface area contributed by atoms with Gasteiger partial charge in [-0.15, -0.1) is 0 Å². The van der Waals surface area contributed by atoms with Gasteiger partial charge < -0.3 is 10.6 Å². The summed E-state index contributed by atoms with van der Waals surface area (Å²) in [5.41, 5.74) is -0.301. The quantitative estimate of drug-likeness (QED) is 0.634. The van der Waals surface area contributed by atoms with Crippen LogP contribution in [0.2, 0.25) is 5.02 Å². The number of hydrogen-bond donors (Lipinski definition) is 2. The third-order valence-electron chi connectivity index (χ3n) is 2.73. The van der Waals surface area contributed by atoms with Gasteiger partial charge in [0.05, 0.1) is 16.5 Å². The summed E-state index contributed by atoms with van der Waals surface area (Å²) in [5.74, 6) is -0.675. The fourth-order valence-corrected chi connectivity index (χ4v) is 2.09. The summed E-state index contributed by atoms with van der Waals surface area (Å²) < 4.78 is 0. The molecule has 0 spiro atoms. The Balaban J connectivity index is 2.17. The zero-order valence-electron chi connectivity index (χ0n) is 9.68. The molecule has 1 fully saturated rings. The normalized spacial score (nSPS) is 17.9. The largest absolute Gasteiger partial charge is 0.354 e. The van der Waals surface area contributed by atoms with Gasteiger partial charge in [-0.05, 0) is 6.07 Å². The first-order valence-corrected chi connectivity index (χ1v) is 5.87. The number of nitro benzene ring substituents is 1. The van der Waals surface area contributed by atoms with E-state index >= 15 is 0 Å². The smallest absolute Gasteiger partial charge is 0.288 e. The Morgan fingerprint density at radius 2 is 2.26 bits per heavy atom. The highest BCUT2D eigenvalue weighted by Crippen LogP contribution is 2.27. The van der Waals surface area contributed by atoms with Crippen LogP contribution >= 0.6 is 11.6 Å². The number of benzene rings is 1. The zero-order valence-corrected chi connectivity index (χ0v) is 10.4. The molecule has 0 aromatic heterocycles. The van der Waals surface area contributed by atoms with E-state index in [0.29, 0.717) is 6.54 Å². The number of carbonyl (C=O) groups excluding carboxylic acids is 2. The van der Waals surface area contributed by atoms with Crippen molar-refractivity contribution in [1.29, 1.82) is 0 Å². The third-order valence-corrected chi connectivity index (χ3v) is 3.13. The lowest BCUT2D eigenvalue weighted by molar-refractivity contribution is -0.384. The van der Waals surface area contributed by atoms with Crippen molar-refractivity contribution in [3.05, 3.63) is 38.9 Å². The summed E-state index contributed by atoms with van der Waals surface area (Å²) in [5, 5.41) is 15.7. The van der Waals surface area contributed by atoms with Crippen LogP contribution in [0, 0.1) is 10.1 Å². The predicted molar refractivity (Wildman–Crippen MR) is 67.0 cm³/mol. The molecule has 1 aliphatic heterocycles. The van der Waals surface area contributed by atoms with Crippen molar-refractivity contribution in [3.63, 3.8) is 0 Å². The van der Waals surface area contributed by atoms with Gasteiger partial charge in [0.25, 0.3) is 11.6 Å². The molecular formula is C11H10ClN3O4. The Labute approximate surface area is 113 Å². The number of carbonyl (C=O) groups is 2. The summed E-state index contributed by atoms with van der Waals surface area (Å²) in [4.78, 5) is 33.0. The predicted octanol–water partition coefficient (Wildman–Crippen LogP) is 0.866. The van der Waals surface area contributed by atoms with Crippen molar-refractivity contribution in [2.45, 2.75) is 12.5 Å². The summed E-state index contributed by atoms with van der Waals surface area (Å²) in [7, 11) is 0. The van der Waals surface area contributed by atoms with E-state index in [1.54, 1.807) is 0 Å². The van der Waals surface area contributed by atoms with Crippen molar-refractivity contribution in [1.82, 2.24) is 10.6 Å². The van der Waals surface area contributed by atoms with Gasteiger partial charge in [-0.1, -0.05) is 17.7 Å². The number of amides is 2. The molecule has 1 saturated heterocycles. The molecule has 100 valence electrons. The average molecular weight is 284 g/mol. The van der Waals surface area contributed by atoms with Crippen LogP contribution in [0.4, 0.5) is 5.69 Å². The highest BCUT2D eigenvalue weighted by Gasteiger charge is 2.26. The molecule has 1 unspecified atom stereocenters. The fourth-order valence-electron chi connectivity index (χ4n) is 1.81. The van der Waals surface area contributed by atoms with E-state index in [1.165, 1.54) is 18.2 Å². The second-order valence-corrected chi connectivity index (χ2v) is 4.45. The number of nitrogens with zero attached hydrogens (tertiary/aromatic N) is 1. The second-order valence-electron chi connectivity index (χ2n) is 4.07. The number of nitro groups is 1. The highest BCUT2D eigenvalue weighted by atomic mass is 35.5. The van der Waals surface area contributed by atoms with Gasteiger partial charge in [-0.25, -0.2) is 0 Å². The van der Waals surface area contributed by atoms with Crippen molar-refractivity contribution < 1.29 is 14.5 Å². The molecule has 19 heavy (non-hydrogen) atoms. The molecule has 1 atom stereocenters. The lowest BCUT2D eigenvalue weighted by Crippen LogP contribution is -2.36. The van der Waals surface area contributed by atoms with Crippen LogP contribution in [0.5, 0.6) is 0 Å². The molecule has 1 aliphatic rings. The molecule has 1 aromatic carbocycles. The number of hydrogen-bond acceptors (Lipinski definition) is 4. The molecule has 8 heteroatoms. The van der Waals surface area contributed by atoms with Crippen molar-refractivity contribution in [3.8, 4) is 0 Å². The van der Waals surface area contributed by atoms with Gasteiger partial charge in [0, 0.05) is 19.0 Å². The standard InChI is InChI=1S/C11H10ClN3O4/c12-10-7(2-1-3-8(10)15(18)19)11(17)14-6-4-9(16)13-5-6/h1-3,6H,4-5H2,(H,13,16)(H,14,17). The minimum atomic E-state index is -0.653. The van der Waals surface area contributed by atoms with Crippen LogP contribution in [0.25, 0.3) is 0 Å². The summed E-state index contributed by atoms with van der Waals surface area (Å²) in [6.07, 6.45) is 0.193. The maximum absolute atomic E-state index is 11.9. The van der Waals surface area contributed by atoms with Crippen LogP contribution in [0.3, 0.4) is 0 Å². The number of nitrogens with one attached hydrogen (secondary N) is 2. The van der Waals surface area contributed by atoms with Crippen LogP contribution in [-0.4, -0.2) is 29.3 Å². The summed E-state index contributed by atoms with van der Waals surface area (Å²) in [6.45, 7) is 0.344. The Morgan fingerprint density at radius 1 is 1.53 bits per heavy atom. The van der Waals surface area contributed by atoms with Crippen molar-refractivity contribution in [2.75, 3.05) is 6.54 Å². The monoisotopic (exact) mass is 283 g/mol. The molecular weight excluding hydrogens is 274 g/mol. The zero-order chi connectivity index (χ0) is 14.0. The SMILES string of the molecule is O=C1CC(NC(=O)c2cccc([N+](=O)[O-])c2Cl)CN1. The average Bonchev–Trinajstić information content (AvgIpc) is 2.74. The first kappa shape index (κ1) is 13.3. The van der Waals surface area contributed by atoms with Crippen LogP contribution in [-0.2, 0) is 4.79 Å². The Hall–Kier alpha value is -2.15.